The van der Waals surface area contributed by atoms with Gasteiger partial charge in [-0.15, -0.1) is 12.8 Å². The Bertz CT molecular complexity index is 441. The van der Waals surface area contributed by atoms with Crippen molar-refractivity contribution >= 4 is 11.9 Å². The molecule has 0 aliphatic carbocycles. The second-order valence-corrected chi connectivity index (χ2v) is 6.14. The number of benzene rings is 1. The summed E-state index contributed by atoms with van der Waals surface area (Å²) in [6, 6.07) is 6.70. The predicted molar refractivity (Wildman–Crippen MR) is 75.2 cm³/mol. The molecular weight excluding hydrogens is 247 g/mol. The Morgan fingerprint density at radius 1 is 1.39 bits per heavy atom. The molecule has 0 aliphatic rings. The standard InChI is InChI=1S/C12H15FN2S.C2H2/c1-12(2,3)16-15-8-10-6-4-5-9(7-14)11(10)13;1-2/h4-6,15H,8H2,1-3H3;1-2H. The Morgan fingerprint density at radius 2 is 2.00 bits per heavy atom. The number of terminal acetylenes is 1. The summed E-state index contributed by atoms with van der Waals surface area (Å²) in [5, 5.41) is 8.68. The van der Waals surface area contributed by atoms with Crippen LogP contribution in [0.5, 0.6) is 0 Å². The van der Waals surface area contributed by atoms with Gasteiger partial charge in [0.2, 0.25) is 0 Å². The van der Waals surface area contributed by atoms with E-state index < -0.39 is 5.82 Å². The van der Waals surface area contributed by atoms with Crippen molar-refractivity contribution in [2.45, 2.75) is 32.1 Å². The molecule has 1 aromatic rings. The largest absolute Gasteiger partial charge is 0.259 e. The third-order valence-electron chi connectivity index (χ3n) is 1.84. The first-order valence-corrected chi connectivity index (χ1v) is 6.17. The van der Waals surface area contributed by atoms with Gasteiger partial charge in [0.05, 0.1) is 5.56 Å². The summed E-state index contributed by atoms with van der Waals surface area (Å²) < 4.78 is 16.8. The van der Waals surface area contributed by atoms with Crippen LogP contribution in [0, 0.1) is 30.0 Å². The zero-order valence-corrected chi connectivity index (χ0v) is 11.6. The van der Waals surface area contributed by atoms with E-state index in [9.17, 15) is 4.39 Å². The van der Waals surface area contributed by atoms with Gasteiger partial charge in [-0.1, -0.05) is 24.1 Å². The molecule has 0 radical (unpaired) electrons. The van der Waals surface area contributed by atoms with Crippen LogP contribution < -0.4 is 4.72 Å². The molecule has 0 saturated heterocycles. The van der Waals surface area contributed by atoms with E-state index >= 15 is 0 Å². The van der Waals surface area contributed by atoms with Crippen LogP contribution in [-0.2, 0) is 6.54 Å². The van der Waals surface area contributed by atoms with Crippen LogP contribution in [0.3, 0.4) is 0 Å². The van der Waals surface area contributed by atoms with Crippen LogP contribution in [0.4, 0.5) is 4.39 Å². The number of nitrogens with one attached hydrogen (secondary N) is 1. The number of rotatable bonds is 3. The zero-order valence-electron chi connectivity index (χ0n) is 10.8. The first-order chi connectivity index (χ1) is 8.44. The summed E-state index contributed by atoms with van der Waals surface area (Å²) >= 11 is 1.55. The molecule has 0 amide bonds. The quantitative estimate of drug-likeness (QED) is 0.670. The molecule has 1 N–H and O–H groups in total. The van der Waals surface area contributed by atoms with E-state index in [1.54, 1.807) is 24.1 Å². The van der Waals surface area contributed by atoms with E-state index in [1.807, 2.05) is 6.07 Å². The Morgan fingerprint density at radius 3 is 2.50 bits per heavy atom. The molecule has 0 spiro atoms. The van der Waals surface area contributed by atoms with Gasteiger partial charge in [-0.05, 0) is 26.8 Å². The summed E-state index contributed by atoms with van der Waals surface area (Å²) in [6.45, 7) is 6.65. The van der Waals surface area contributed by atoms with Crippen molar-refractivity contribution in [3.63, 3.8) is 0 Å². The smallest absolute Gasteiger partial charge is 0.145 e. The minimum Gasteiger partial charge on any atom is -0.259 e. The van der Waals surface area contributed by atoms with E-state index in [0.29, 0.717) is 12.1 Å². The lowest BCUT2D eigenvalue weighted by atomic mass is 10.1. The van der Waals surface area contributed by atoms with Gasteiger partial charge in [-0.2, -0.15) is 5.26 Å². The molecule has 0 atom stereocenters. The van der Waals surface area contributed by atoms with Gasteiger partial charge in [0.1, 0.15) is 11.9 Å². The van der Waals surface area contributed by atoms with E-state index in [2.05, 4.69) is 38.3 Å². The van der Waals surface area contributed by atoms with Gasteiger partial charge < -0.3 is 0 Å². The van der Waals surface area contributed by atoms with E-state index in [4.69, 9.17) is 5.26 Å². The fraction of sp³-hybridized carbons (Fsp3) is 0.357. The number of halogens is 1. The highest BCUT2D eigenvalue weighted by atomic mass is 32.2. The molecule has 0 aliphatic heterocycles. The predicted octanol–water partition coefficient (Wildman–Crippen LogP) is 3.48. The third-order valence-corrected chi connectivity index (χ3v) is 2.74. The molecule has 96 valence electrons. The third kappa shape index (κ3) is 5.72. The van der Waals surface area contributed by atoms with Gasteiger partial charge in [-0.25, -0.2) is 4.39 Å². The molecule has 0 heterocycles. The topological polar surface area (TPSA) is 35.8 Å². The SMILES string of the molecule is C#C.CC(C)(C)SNCc1cccc(C#N)c1F. The molecule has 1 aromatic carbocycles. The molecule has 0 unspecified atom stereocenters. The molecule has 1 rings (SSSR count). The highest BCUT2D eigenvalue weighted by molar-refractivity contribution is 7.98. The molecule has 0 saturated carbocycles. The molecule has 2 nitrogen and oxygen atoms in total. The summed E-state index contributed by atoms with van der Waals surface area (Å²) in [6.07, 6.45) is 8.00. The minimum atomic E-state index is -0.424. The highest BCUT2D eigenvalue weighted by Crippen LogP contribution is 2.20. The van der Waals surface area contributed by atoms with Gasteiger partial charge in [0, 0.05) is 16.9 Å². The fourth-order valence-electron chi connectivity index (χ4n) is 1.13. The van der Waals surface area contributed by atoms with Crippen molar-refractivity contribution in [2.24, 2.45) is 0 Å². The van der Waals surface area contributed by atoms with Gasteiger partial charge in [-0.3, -0.25) is 4.72 Å². The van der Waals surface area contributed by atoms with Crippen LogP contribution in [0.1, 0.15) is 31.9 Å². The summed E-state index contributed by atoms with van der Waals surface area (Å²) in [4.78, 5) is 0. The van der Waals surface area contributed by atoms with E-state index in [0.717, 1.165) is 0 Å². The Hall–Kier alpha value is -1.49. The summed E-state index contributed by atoms with van der Waals surface area (Å²) in [5.74, 6) is -0.424. The van der Waals surface area contributed by atoms with Crippen LogP contribution in [0.2, 0.25) is 0 Å². The number of nitrogens with zero attached hydrogens (tertiary/aromatic N) is 1. The maximum Gasteiger partial charge on any atom is 0.145 e. The summed E-state index contributed by atoms with van der Waals surface area (Å²) in [7, 11) is 0. The second kappa shape index (κ2) is 7.76. The lowest BCUT2D eigenvalue weighted by Gasteiger charge is -2.17. The van der Waals surface area contributed by atoms with Crippen molar-refractivity contribution in [3.05, 3.63) is 35.1 Å². The van der Waals surface area contributed by atoms with Crippen LogP contribution in [-0.4, -0.2) is 4.75 Å². The number of hydrogen-bond acceptors (Lipinski definition) is 3. The highest BCUT2D eigenvalue weighted by Gasteiger charge is 2.12. The van der Waals surface area contributed by atoms with Crippen LogP contribution in [0.25, 0.3) is 0 Å². The Kier molecular flexibility index (Phi) is 7.12. The maximum absolute atomic E-state index is 13.6. The van der Waals surface area contributed by atoms with Crippen molar-refractivity contribution in [1.29, 1.82) is 5.26 Å². The lowest BCUT2D eigenvalue weighted by molar-refractivity contribution is 0.603. The minimum absolute atomic E-state index is 0.0866. The molecule has 0 aromatic heterocycles. The molecular formula is C14H17FN2S. The van der Waals surface area contributed by atoms with Crippen LogP contribution >= 0.6 is 11.9 Å². The van der Waals surface area contributed by atoms with E-state index in [-0.39, 0.29) is 10.3 Å². The lowest BCUT2D eigenvalue weighted by Crippen LogP contribution is -2.17. The summed E-state index contributed by atoms with van der Waals surface area (Å²) in [5.41, 5.74) is 0.621. The molecule has 0 fully saturated rings. The second-order valence-electron chi connectivity index (χ2n) is 4.43. The monoisotopic (exact) mass is 264 g/mol. The zero-order chi connectivity index (χ0) is 14.2. The number of hydrogen-bond donors (Lipinski definition) is 1. The molecule has 0 bridgehead atoms. The van der Waals surface area contributed by atoms with Gasteiger partial charge >= 0.3 is 0 Å². The van der Waals surface area contributed by atoms with Gasteiger partial charge in [0.15, 0.2) is 0 Å². The maximum atomic E-state index is 13.6. The fourth-order valence-corrected chi connectivity index (χ4v) is 1.79. The number of nitriles is 1. The first-order valence-electron chi connectivity index (χ1n) is 5.36. The van der Waals surface area contributed by atoms with Gasteiger partial charge in [0.25, 0.3) is 0 Å². The van der Waals surface area contributed by atoms with Crippen molar-refractivity contribution < 1.29 is 4.39 Å². The normalized spacial score (nSPS) is 10.1. The Labute approximate surface area is 113 Å². The van der Waals surface area contributed by atoms with Crippen molar-refractivity contribution in [3.8, 4) is 18.9 Å². The average Bonchev–Trinajstić information content (AvgIpc) is 2.32. The van der Waals surface area contributed by atoms with Crippen molar-refractivity contribution in [2.75, 3.05) is 0 Å². The first kappa shape index (κ1) is 16.5. The molecule has 18 heavy (non-hydrogen) atoms. The molecule has 4 heteroatoms. The van der Waals surface area contributed by atoms with E-state index in [1.165, 1.54) is 6.07 Å². The van der Waals surface area contributed by atoms with Crippen molar-refractivity contribution in [1.82, 2.24) is 4.72 Å². The Balaban J connectivity index is 0.00000137. The van der Waals surface area contributed by atoms with Crippen LogP contribution in [0.15, 0.2) is 18.2 Å². The average molecular weight is 264 g/mol.